The largest absolute Gasteiger partial charge is 0.491 e. The lowest BCUT2D eigenvalue weighted by molar-refractivity contribution is -0.149. The minimum absolute atomic E-state index is 0.0260. The number of hydrogen-bond acceptors (Lipinski definition) is 14. The molecule has 21 heteroatoms. The van der Waals surface area contributed by atoms with Gasteiger partial charge in [-0.2, -0.15) is 13.2 Å². The van der Waals surface area contributed by atoms with Crippen LogP contribution in [0.3, 0.4) is 0 Å². The molecule has 1 aromatic carbocycles. The third kappa shape index (κ3) is 11.8. The van der Waals surface area contributed by atoms with Gasteiger partial charge in [-0.1, -0.05) is 50.2 Å². The fourth-order valence-corrected chi connectivity index (χ4v) is 11.4. The summed E-state index contributed by atoms with van der Waals surface area (Å²) in [5.41, 5.74) is -1.20. The molecule has 5 fully saturated rings. The van der Waals surface area contributed by atoms with Gasteiger partial charge >= 0.3 is 18.2 Å². The summed E-state index contributed by atoms with van der Waals surface area (Å²) in [5, 5.41) is 10.6. The summed E-state index contributed by atoms with van der Waals surface area (Å²) >= 11 is 8.69. The molecule has 16 nitrogen and oxygen atoms in total. The molecule has 69 heavy (non-hydrogen) atoms. The number of nitrogens with one attached hydrogen (secondary N) is 3. The van der Waals surface area contributed by atoms with Crippen molar-refractivity contribution in [2.24, 2.45) is 28.2 Å². The van der Waals surface area contributed by atoms with E-state index in [1.165, 1.54) is 16.9 Å². The van der Waals surface area contributed by atoms with E-state index in [1.54, 1.807) is 36.0 Å². The summed E-state index contributed by atoms with van der Waals surface area (Å²) < 4.78 is 62.8. The van der Waals surface area contributed by atoms with Crippen LogP contribution in [0.4, 0.5) is 18.0 Å². The Kier molecular flexibility index (Phi) is 15.0. The Balaban J connectivity index is 1.06. The van der Waals surface area contributed by atoms with Crippen molar-refractivity contribution in [1.29, 1.82) is 0 Å². The zero-order chi connectivity index (χ0) is 49.6. The molecule has 0 spiro atoms. The highest BCUT2D eigenvalue weighted by Crippen LogP contribution is 2.52. The number of amidine groups is 1. The third-order valence-corrected chi connectivity index (χ3v) is 15.3. The Bertz CT molecular complexity index is 2320. The number of amides is 3. The number of nitrogens with zero attached hydrogens (tertiary/aromatic N) is 5. The maximum Gasteiger partial charge on any atom is 0.408 e. The van der Waals surface area contributed by atoms with E-state index in [9.17, 15) is 32.3 Å². The number of alkyl halides is 3. The van der Waals surface area contributed by atoms with E-state index < -0.39 is 65.7 Å². The summed E-state index contributed by atoms with van der Waals surface area (Å²) in [6.07, 6.45) is -1.26. The van der Waals surface area contributed by atoms with Crippen LogP contribution in [0.1, 0.15) is 78.5 Å². The van der Waals surface area contributed by atoms with Gasteiger partial charge in [0, 0.05) is 68.3 Å². The van der Waals surface area contributed by atoms with Gasteiger partial charge in [0.25, 0.3) is 0 Å². The van der Waals surface area contributed by atoms with Crippen molar-refractivity contribution in [3.8, 4) is 11.5 Å². The molecule has 378 valence electrons. The normalized spacial score (nSPS) is 28.4. The molecular formula is C48H64ClF3N8O8S. The molecule has 0 bridgehead atoms. The van der Waals surface area contributed by atoms with Crippen molar-refractivity contribution >= 4 is 63.3 Å². The van der Waals surface area contributed by atoms with E-state index in [2.05, 4.69) is 22.5 Å². The first-order valence-electron chi connectivity index (χ1n) is 23.9. The molecule has 0 radical (unpaired) electrons. The second kappa shape index (κ2) is 20.3. The molecule has 3 amide bonds. The molecular weight excluding hydrogens is 941 g/mol. The molecule has 6 aliphatic rings. The number of esters is 1. The van der Waals surface area contributed by atoms with Crippen LogP contribution in [-0.4, -0.2) is 156 Å². The number of hydrogen-bond donors (Lipinski definition) is 3. The number of benzene rings is 1. The maximum absolute atomic E-state index is 14.9. The number of aromatic nitrogens is 1. The average molecular weight is 1010 g/mol. The first-order chi connectivity index (χ1) is 32.6. The van der Waals surface area contributed by atoms with Crippen LogP contribution in [0, 0.1) is 23.2 Å². The van der Waals surface area contributed by atoms with Crippen LogP contribution >= 0.6 is 23.4 Å². The Labute approximate surface area is 410 Å². The van der Waals surface area contributed by atoms with Gasteiger partial charge in [0.2, 0.25) is 11.8 Å². The Morgan fingerprint density at radius 1 is 1.01 bits per heavy atom. The van der Waals surface area contributed by atoms with Crippen molar-refractivity contribution in [1.82, 2.24) is 35.6 Å². The summed E-state index contributed by atoms with van der Waals surface area (Å²) in [6, 6.07) is 2.85. The standard InChI is InChI=1S/C48H64ClF3N8O8S/c1-8-29-22-47(29,43(63)65-7)57-41(61)35-20-31(23-60(35)42(62)40(46(4,5)6)56-45(64)68-30-18-27-17-28(27)19-30)67-37-21-33(34-24-69-44(55-34)53-26(2)3)54-39-32(37)9-10-36(38(39)49)66-16-15-58-11-13-59(14-12-58)25-48(50,51)52/h8-10,21,26-31,34-35,40H,1,11-20,22-25H2,2-7H3,(H,53,55)(H,56,64)(H,57,61)/t27-,28+,29-,30+,31-,34?,35+,40-,47?/m1/s1. The first kappa shape index (κ1) is 50.8. The number of aliphatic imine (C=N–C) groups is 1. The molecule has 3 aliphatic carbocycles. The van der Waals surface area contributed by atoms with Crippen LogP contribution in [0.25, 0.3) is 10.9 Å². The summed E-state index contributed by atoms with van der Waals surface area (Å²) in [6.45, 7) is 14.6. The second-order valence-corrected chi connectivity index (χ2v) is 22.0. The molecule has 4 heterocycles. The number of rotatable bonds is 16. The summed E-state index contributed by atoms with van der Waals surface area (Å²) in [5.74, 6) is 0.397. The fourth-order valence-electron chi connectivity index (χ4n) is 10.1. The molecule has 3 saturated carbocycles. The van der Waals surface area contributed by atoms with Gasteiger partial charge in [-0.3, -0.25) is 24.4 Å². The van der Waals surface area contributed by atoms with E-state index in [0.717, 1.165) is 24.4 Å². The van der Waals surface area contributed by atoms with Crippen molar-refractivity contribution < 1.29 is 51.3 Å². The zero-order valence-electron chi connectivity index (χ0n) is 40.0. The number of piperazine rings is 1. The van der Waals surface area contributed by atoms with E-state index in [1.807, 2.05) is 39.5 Å². The molecule has 9 atom stereocenters. The SMILES string of the molecule is C=C[C@@H]1CC1(NC(=O)[C@@H]1C[C@@H](Oc2cc(C3CSC(NC(C)C)=N3)nc3c(Cl)c(OCCN4CCN(CC(F)(F)F)CC4)ccc23)CN1C(=O)[C@@H](NC(=O)O[C@@H]1C[C@@H]2C[C@@H]2C1)C(C)(C)C)C(=O)OC. The Morgan fingerprint density at radius 3 is 2.36 bits per heavy atom. The van der Waals surface area contributed by atoms with Crippen molar-refractivity contribution in [3.05, 3.63) is 41.6 Å². The highest BCUT2D eigenvalue weighted by Gasteiger charge is 2.62. The van der Waals surface area contributed by atoms with Crippen LogP contribution in [0.5, 0.6) is 11.5 Å². The topological polar surface area (TPSA) is 176 Å². The van der Waals surface area contributed by atoms with Crippen LogP contribution in [0.2, 0.25) is 5.02 Å². The second-order valence-electron chi connectivity index (χ2n) is 20.6. The molecule has 2 aromatic rings. The number of fused-ring (bicyclic) bond motifs is 2. The highest BCUT2D eigenvalue weighted by atomic mass is 35.5. The Morgan fingerprint density at radius 2 is 1.72 bits per heavy atom. The Hall–Kier alpha value is -4.53. The van der Waals surface area contributed by atoms with E-state index in [4.69, 9.17) is 40.5 Å². The van der Waals surface area contributed by atoms with Crippen LogP contribution < -0.4 is 25.4 Å². The number of alkyl carbamates (subject to hydrolysis) is 1. The lowest BCUT2D eigenvalue weighted by Gasteiger charge is -2.35. The monoisotopic (exact) mass is 1000 g/mol. The number of likely N-dealkylation sites (tertiary alicyclic amines) is 1. The number of halogens is 4. The highest BCUT2D eigenvalue weighted by molar-refractivity contribution is 8.14. The molecule has 1 aromatic heterocycles. The lowest BCUT2D eigenvalue weighted by Crippen LogP contribution is -2.59. The predicted octanol–water partition coefficient (Wildman–Crippen LogP) is 6.11. The fraction of sp³-hybridized carbons (Fsp3) is 0.667. The van der Waals surface area contributed by atoms with Gasteiger partial charge in [-0.25, -0.2) is 14.6 Å². The first-order valence-corrected chi connectivity index (χ1v) is 25.2. The van der Waals surface area contributed by atoms with Gasteiger partial charge in [0.05, 0.1) is 31.4 Å². The van der Waals surface area contributed by atoms with E-state index >= 15 is 0 Å². The average Bonchev–Trinajstić information content (AvgIpc) is 3.95. The van der Waals surface area contributed by atoms with Crippen molar-refractivity contribution in [3.63, 3.8) is 0 Å². The number of carbonyl (C=O) groups excluding carboxylic acids is 4. The number of methoxy groups -OCH3 is 1. The van der Waals surface area contributed by atoms with Gasteiger partial charge in [-0.15, -0.1) is 6.58 Å². The lowest BCUT2D eigenvalue weighted by atomic mass is 9.85. The number of pyridine rings is 1. The minimum atomic E-state index is -4.25. The predicted molar refractivity (Wildman–Crippen MR) is 255 cm³/mol. The van der Waals surface area contributed by atoms with Gasteiger partial charge in [0.1, 0.15) is 59.0 Å². The molecule has 2 saturated heterocycles. The number of carbonyl (C=O) groups is 4. The number of ether oxygens (including phenoxy) is 4. The van der Waals surface area contributed by atoms with Crippen LogP contribution in [0.15, 0.2) is 35.8 Å². The van der Waals surface area contributed by atoms with E-state index in [0.29, 0.717) is 78.4 Å². The van der Waals surface area contributed by atoms with Gasteiger partial charge in [-0.05, 0) is 68.9 Å². The molecule has 3 N–H and O–H groups in total. The minimum Gasteiger partial charge on any atom is -0.491 e. The quantitative estimate of drug-likeness (QED) is 0.130. The summed E-state index contributed by atoms with van der Waals surface area (Å²) in [7, 11) is 1.25. The maximum atomic E-state index is 14.9. The number of thioether (sulfide) groups is 1. The third-order valence-electron chi connectivity index (χ3n) is 14.0. The van der Waals surface area contributed by atoms with Crippen LogP contribution in [-0.2, 0) is 23.9 Å². The molecule has 3 aliphatic heterocycles. The van der Waals surface area contributed by atoms with Gasteiger partial charge < -0.3 is 39.8 Å². The van der Waals surface area contributed by atoms with Gasteiger partial charge in [0.15, 0.2) is 5.17 Å². The molecule has 8 rings (SSSR count). The summed E-state index contributed by atoms with van der Waals surface area (Å²) in [4.78, 5) is 70.7. The zero-order valence-corrected chi connectivity index (χ0v) is 41.6. The molecule has 2 unspecified atom stereocenters. The van der Waals surface area contributed by atoms with Crippen molar-refractivity contribution in [2.45, 2.75) is 115 Å². The smallest absolute Gasteiger partial charge is 0.408 e. The van der Waals surface area contributed by atoms with E-state index in [-0.39, 0.29) is 55.1 Å². The van der Waals surface area contributed by atoms with Crippen molar-refractivity contribution in [2.75, 3.05) is 65.3 Å².